The van der Waals surface area contributed by atoms with Crippen molar-refractivity contribution in [3.8, 4) is 0 Å². The Kier molecular flexibility index (Phi) is 3.78. The maximum atomic E-state index is 12.2. The monoisotopic (exact) mass is 256 g/mol. The highest BCUT2D eigenvalue weighted by molar-refractivity contribution is 7.86. The van der Waals surface area contributed by atoms with Gasteiger partial charge in [-0.25, -0.2) is 4.21 Å². The Balaban J connectivity index is 3.19. The molecule has 0 aliphatic rings. The van der Waals surface area contributed by atoms with Gasteiger partial charge in [-0.2, -0.15) is 13.2 Å². The summed E-state index contributed by atoms with van der Waals surface area (Å²) in [4.78, 5) is -0.372. The smallest absolute Gasteiger partial charge is 0.245 e. The summed E-state index contributed by atoms with van der Waals surface area (Å²) in [6, 6.07) is 4.17. The summed E-state index contributed by atoms with van der Waals surface area (Å²) in [6.45, 7) is 1.80. The van der Waals surface area contributed by atoms with Crippen molar-refractivity contribution < 1.29 is 17.4 Å². The first-order valence-corrected chi connectivity index (χ1v) is 5.66. The molecule has 1 aromatic rings. The molecule has 15 heavy (non-hydrogen) atoms. The molecule has 84 valence electrons. The van der Waals surface area contributed by atoms with E-state index < -0.39 is 16.3 Å². The van der Waals surface area contributed by atoms with Crippen LogP contribution in [0.25, 0.3) is 0 Å². The molecule has 1 nitrogen and oxygen atoms in total. The van der Waals surface area contributed by atoms with Crippen LogP contribution < -0.4 is 0 Å². The van der Waals surface area contributed by atoms with Crippen LogP contribution in [0.5, 0.6) is 0 Å². The highest BCUT2D eigenvalue weighted by Crippen LogP contribution is 2.31. The first-order valence-electron chi connectivity index (χ1n) is 4.13. The maximum absolute atomic E-state index is 12.2. The minimum atomic E-state index is -4.77. The van der Waals surface area contributed by atoms with Crippen molar-refractivity contribution in [2.45, 2.75) is 23.7 Å². The first kappa shape index (κ1) is 12.5. The van der Waals surface area contributed by atoms with Crippen LogP contribution in [0.4, 0.5) is 13.2 Å². The van der Waals surface area contributed by atoms with Gasteiger partial charge in [0.2, 0.25) is 0 Å². The van der Waals surface area contributed by atoms with Crippen molar-refractivity contribution in [1.82, 2.24) is 0 Å². The van der Waals surface area contributed by atoms with E-state index in [9.17, 15) is 17.4 Å². The van der Waals surface area contributed by atoms with Gasteiger partial charge in [-0.1, -0.05) is 24.6 Å². The first-order chi connectivity index (χ1) is 6.86. The molecule has 0 spiro atoms. The molecule has 6 heteroatoms. The van der Waals surface area contributed by atoms with Crippen molar-refractivity contribution in [1.29, 1.82) is 0 Å². The molecule has 0 aliphatic heterocycles. The van der Waals surface area contributed by atoms with Crippen LogP contribution in [0.1, 0.15) is 12.5 Å². The van der Waals surface area contributed by atoms with Crippen LogP contribution in [-0.2, 0) is 17.2 Å². The van der Waals surface area contributed by atoms with Gasteiger partial charge >= 0.3 is 5.51 Å². The summed E-state index contributed by atoms with van der Waals surface area (Å²) in [5.74, 6) is 0. The van der Waals surface area contributed by atoms with Gasteiger partial charge in [0.15, 0.2) is 10.8 Å². The molecule has 0 bridgehead atoms. The lowest BCUT2D eigenvalue weighted by Gasteiger charge is -2.08. The van der Waals surface area contributed by atoms with Crippen LogP contribution in [0, 0.1) is 0 Å². The Hall–Kier alpha value is -0.550. The van der Waals surface area contributed by atoms with Crippen LogP contribution >= 0.6 is 11.6 Å². The fraction of sp³-hybridized carbons (Fsp3) is 0.333. The van der Waals surface area contributed by atoms with Crippen molar-refractivity contribution in [2.75, 3.05) is 0 Å². The van der Waals surface area contributed by atoms with Gasteiger partial charge < -0.3 is 0 Å². The van der Waals surface area contributed by atoms with Gasteiger partial charge in [0.25, 0.3) is 0 Å². The van der Waals surface area contributed by atoms with Gasteiger partial charge in [0.05, 0.1) is 9.92 Å². The van der Waals surface area contributed by atoms with Crippen molar-refractivity contribution in [2.24, 2.45) is 0 Å². The number of alkyl halides is 3. The zero-order chi connectivity index (χ0) is 11.6. The number of benzene rings is 1. The third-order valence-electron chi connectivity index (χ3n) is 1.81. The average Bonchev–Trinajstić information content (AvgIpc) is 2.16. The highest BCUT2D eigenvalue weighted by atomic mass is 35.5. The topological polar surface area (TPSA) is 17.1 Å². The summed E-state index contributed by atoms with van der Waals surface area (Å²) in [5, 5.41) is -0.122. The zero-order valence-corrected chi connectivity index (χ0v) is 9.34. The minimum absolute atomic E-state index is 0.122. The largest absolute Gasteiger partial charge is 0.475 e. The van der Waals surface area contributed by atoms with Crippen LogP contribution in [-0.4, -0.2) is 9.72 Å². The van der Waals surface area contributed by atoms with E-state index in [1.165, 1.54) is 12.1 Å². The fourth-order valence-electron chi connectivity index (χ4n) is 1.03. The van der Waals surface area contributed by atoms with E-state index in [0.717, 1.165) is 0 Å². The van der Waals surface area contributed by atoms with E-state index in [4.69, 9.17) is 11.6 Å². The second-order valence-corrected chi connectivity index (χ2v) is 4.68. The third kappa shape index (κ3) is 2.95. The minimum Gasteiger partial charge on any atom is -0.245 e. The molecular weight excluding hydrogens is 249 g/mol. The molecular formula is C9H8ClF3OS. The standard InChI is InChI=1S/C9H8ClF3OS/c1-2-6-3-4-7(10)8(5-6)15(14)9(11,12)13/h3-5H,2H2,1H3. The molecule has 1 unspecified atom stereocenters. The Morgan fingerprint density at radius 2 is 2.00 bits per heavy atom. The molecule has 1 aromatic carbocycles. The second kappa shape index (κ2) is 4.53. The van der Waals surface area contributed by atoms with E-state index in [2.05, 4.69) is 0 Å². The van der Waals surface area contributed by atoms with Crippen molar-refractivity contribution in [3.05, 3.63) is 28.8 Å². The lowest BCUT2D eigenvalue weighted by molar-refractivity contribution is -0.0384. The summed E-state index contributed by atoms with van der Waals surface area (Å²) in [5.41, 5.74) is -4.09. The van der Waals surface area contributed by atoms with Gasteiger partial charge in [0.1, 0.15) is 0 Å². The van der Waals surface area contributed by atoms with Gasteiger partial charge in [-0.05, 0) is 24.1 Å². The molecule has 0 aromatic heterocycles. The Labute approximate surface area is 92.7 Å². The predicted molar refractivity (Wildman–Crippen MR) is 53.3 cm³/mol. The number of hydrogen-bond donors (Lipinski definition) is 0. The molecule has 0 amide bonds. The van der Waals surface area contributed by atoms with Gasteiger partial charge in [-0.15, -0.1) is 0 Å². The predicted octanol–water partition coefficient (Wildman–Crippen LogP) is 3.53. The molecule has 0 saturated carbocycles. The summed E-state index contributed by atoms with van der Waals surface area (Å²) >= 11 is 5.56. The molecule has 0 heterocycles. The molecule has 0 radical (unpaired) electrons. The lowest BCUT2D eigenvalue weighted by atomic mass is 10.2. The number of hydrogen-bond acceptors (Lipinski definition) is 1. The van der Waals surface area contributed by atoms with E-state index >= 15 is 0 Å². The molecule has 1 rings (SSSR count). The Morgan fingerprint density at radius 3 is 2.47 bits per heavy atom. The van der Waals surface area contributed by atoms with Crippen LogP contribution in [0.3, 0.4) is 0 Å². The van der Waals surface area contributed by atoms with E-state index in [-0.39, 0.29) is 9.92 Å². The van der Waals surface area contributed by atoms with Crippen LogP contribution in [0.2, 0.25) is 5.02 Å². The fourth-order valence-corrected chi connectivity index (χ4v) is 2.12. The molecule has 1 atom stereocenters. The number of halogens is 4. The van der Waals surface area contributed by atoms with E-state index in [1.54, 1.807) is 13.0 Å². The van der Waals surface area contributed by atoms with E-state index in [1.807, 2.05) is 0 Å². The Morgan fingerprint density at radius 1 is 1.40 bits per heavy atom. The summed E-state index contributed by atoms with van der Waals surface area (Å²) in [7, 11) is -3.06. The van der Waals surface area contributed by atoms with Crippen molar-refractivity contribution >= 4 is 22.4 Å². The number of rotatable bonds is 2. The molecule has 0 aliphatic carbocycles. The van der Waals surface area contributed by atoms with Gasteiger partial charge in [0, 0.05) is 0 Å². The lowest BCUT2D eigenvalue weighted by Crippen LogP contribution is -2.16. The average molecular weight is 257 g/mol. The molecule has 0 N–H and O–H groups in total. The summed E-state index contributed by atoms with van der Waals surface area (Å²) < 4.78 is 47.6. The second-order valence-electron chi connectivity index (χ2n) is 2.83. The number of aryl methyl sites for hydroxylation is 1. The highest BCUT2D eigenvalue weighted by Gasteiger charge is 2.39. The zero-order valence-electron chi connectivity index (χ0n) is 7.77. The maximum Gasteiger partial charge on any atom is 0.475 e. The molecule has 0 saturated heterocycles. The quantitative estimate of drug-likeness (QED) is 0.791. The van der Waals surface area contributed by atoms with Gasteiger partial charge in [-0.3, -0.25) is 0 Å². The van der Waals surface area contributed by atoms with Crippen molar-refractivity contribution in [3.63, 3.8) is 0 Å². The molecule has 0 fully saturated rings. The summed E-state index contributed by atoms with van der Waals surface area (Å²) in [6.07, 6.45) is 0.569. The van der Waals surface area contributed by atoms with Crippen LogP contribution in [0.15, 0.2) is 23.1 Å². The Bertz CT molecular complexity index is 389. The SMILES string of the molecule is CCc1ccc(Cl)c(S(=O)C(F)(F)F)c1. The third-order valence-corrected chi connectivity index (χ3v) is 3.41. The van der Waals surface area contributed by atoms with E-state index in [0.29, 0.717) is 12.0 Å². The normalized spacial score (nSPS) is 13.9.